The molecule has 0 aromatic heterocycles. The number of anilines is 2. The number of nitrogens with zero attached hydrogens (tertiary/aromatic N) is 1. The molecule has 2 aromatic carbocycles. The largest absolute Gasteiger partial charge is 0.478 e. The molecule has 2 aliphatic heterocycles. The number of amides is 5. The van der Waals surface area contributed by atoms with E-state index in [2.05, 4.69) is 16.0 Å². The highest BCUT2D eigenvalue weighted by molar-refractivity contribution is 6.08. The van der Waals surface area contributed by atoms with Gasteiger partial charge in [0.1, 0.15) is 17.8 Å². The van der Waals surface area contributed by atoms with E-state index in [4.69, 9.17) is 4.74 Å². The molecule has 1 saturated heterocycles. The fourth-order valence-electron chi connectivity index (χ4n) is 4.70. The number of imide groups is 1. The maximum absolute atomic E-state index is 13.0. The van der Waals surface area contributed by atoms with E-state index >= 15 is 0 Å². The van der Waals surface area contributed by atoms with E-state index in [0.717, 1.165) is 11.1 Å². The molecular weight excluding hydrogens is 424 g/mol. The molecule has 2 aromatic rings. The molecule has 170 valence electrons. The summed E-state index contributed by atoms with van der Waals surface area (Å²) in [5.41, 5.74) is 2.00. The fraction of sp³-hybridized carbons (Fsp3) is 0.333. The summed E-state index contributed by atoms with van der Waals surface area (Å²) >= 11 is 0. The van der Waals surface area contributed by atoms with Crippen LogP contribution in [0.1, 0.15) is 25.0 Å². The van der Waals surface area contributed by atoms with Crippen LogP contribution in [0.15, 0.2) is 42.5 Å². The number of carbonyl (C=O) groups is 4. The van der Waals surface area contributed by atoms with E-state index in [0.29, 0.717) is 30.0 Å². The summed E-state index contributed by atoms with van der Waals surface area (Å²) in [5.74, 6) is -0.407. The Morgan fingerprint density at radius 2 is 1.91 bits per heavy atom. The number of urea groups is 1. The summed E-state index contributed by atoms with van der Waals surface area (Å²) < 4.78 is 5.86. The minimum Gasteiger partial charge on any atom is -0.478 e. The first-order valence-corrected chi connectivity index (χ1v) is 10.9. The molecular formula is C24H24N4O5. The normalized spacial score (nSPS) is 23.2. The van der Waals surface area contributed by atoms with Crippen LogP contribution in [-0.4, -0.2) is 41.9 Å². The maximum Gasteiger partial charge on any atom is 0.322 e. The Morgan fingerprint density at radius 3 is 2.64 bits per heavy atom. The lowest BCUT2D eigenvalue weighted by molar-refractivity contribution is -0.129. The zero-order chi connectivity index (χ0) is 23.3. The van der Waals surface area contributed by atoms with Gasteiger partial charge in [-0.3, -0.25) is 24.6 Å². The number of hydrogen-bond acceptors (Lipinski definition) is 5. The molecule has 5 rings (SSSR count). The first-order valence-electron chi connectivity index (χ1n) is 10.9. The van der Waals surface area contributed by atoms with E-state index in [1.807, 2.05) is 32.0 Å². The Hall–Kier alpha value is -3.88. The van der Waals surface area contributed by atoms with E-state index in [1.165, 1.54) is 4.90 Å². The van der Waals surface area contributed by atoms with Gasteiger partial charge in [0, 0.05) is 18.5 Å². The topological polar surface area (TPSA) is 117 Å². The third-order valence-electron chi connectivity index (χ3n) is 6.32. The number of benzene rings is 2. The van der Waals surface area contributed by atoms with Crippen LogP contribution < -0.4 is 25.6 Å². The standard InChI is InChI=1S/C24H24N4O5/c1-13(2)20-21(30)28(17-5-3-4-6-18(17)33-20)12-19(29)25-16-8-7-14-10-24(11-15(14)9-16)22(31)26-23(32)27-24/h3-9,13,20H,10-12H2,1-2H3,(H,25,29)(H2,26,27,31,32). The average Bonchev–Trinajstić information content (AvgIpc) is 3.26. The lowest BCUT2D eigenvalue weighted by Gasteiger charge is -2.35. The monoisotopic (exact) mass is 448 g/mol. The van der Waals surface area contributed by atoms with Crippen LogP contribution in [0.3, 0.4) is 0 Å². The molecule has 1 spiro atoms. The van der Waals surface area contributed by atoms with Crippen molar-refractivity contribution in [3.05, 3.63) is 53.6 Å². The molecule has 9 nitrogen and oxygen atoms in total. The molecule has 0 radical (unpaired) electrons. The summed E-state index contributed by atoms with van der Waals surface area (Å²) in [5, 5.41) is 7.87. The third kappa shape index (κ3) is 3.59. The fourth-order valence-corrected chi connectivity index (χ4v) is 4.70. The van der Waals surface area contributed by atoms with Gasteiger partial charge in [0.25, 0.3) is 11.8 Å². The number of hydrogen-bond donors (Lipinski definition) is 3. The van der Waals surface area contributed by atoms with Crippen molar-refractivity contribution in [3.8, 4) is 5.75 Å². The van der Waals surface area contributed by atoms with Crippen LogP contribution in [0, 0.1) is 5.92 Å². The van der Waals surface area contributed by atoms with Crippen LogP contribution >= 0.6 is 0 Å². The molecule has 0 bridgehead atoms. The average molecular weight is 448 g/mol. The Kier molecular flexibility index (Phi) is 4.84. The van der Waals surface area contributed by atoms with Crippen LogP contribution in [0.5, 0.6) is 5.75 Å². The molecule has 3 aliphatic rings. The quantitative estimate of drug-likeness (QED) is 0.616. The molecule has 2 atom stereocenters. The summed E-state index contributed by atoms with van der Waals surface area (Å²) in [4.78, 5) is 51.2. The summed E-state index contributed by atoms with van der Waals surface area (Å²) in [6.07, 6.45) is 0.107. The van der Waals surface area contributed by atoms with Gasteiger partial charge in [-0.1, -0.05) is 32.0 Å². The van der Waals surface area contributed by atoms with Gasteiger partial charge < -0.3 is 15.4 Å². The third-order valence-corrected chi connectivity index (χ3v) is 6.32. The predicted octanol–water partition coefficient (Wildman–Crippen LogP) is 1.75. The Labute approximate surface area is 190 Å². The zero-order valence-corrected chi connectivity index (χ0v) is 18.3. The van der Waals surface area contributed by atoms with Crippen molar-refractivity contribution in [2.45, 2.75) is 38.3 Å². The molecule has 9 heteroatoms. The minimum atomic E-state index is -0.960. The van der Waals surface area contributed by atoms with Crippen molar-refractivity contribution in [3.63, 3.8) is 0 Å². The first-order chi connectivity index (χ1) is 15.8. The smallest absolute Gasteiger partial charge is 0.322 e. The van der Waals surface area contributed by atoms with Gasteiger partial charge in [-0.2, -0.15) is 0 Å². The molecule has 33 heavy (non-hydrogen) atoms. The number of para-hydroxylation sites is 2. The van der Waals surface area contributed by atoms with Crippen molar-refractivity contribution in [2.75, 3.05) is 16.8 Å². The molecule has 2 unspecified atom stereocenters. The van der Waals surface area contributed by atoms with Crippen molar-refractivity contribution >= 4 is 35.1 Å². The van der Waals surface area contributed by atoms with Crippen molar-refractivity contribution in [2.24, 2.45) is 5.92 Å². The molecule has 1 aliphatic carbocycles. The minimum absolute atomic E-state index is 0.0475. The second-order valence-corrected chi connectivity index (χ2v) is 9.05. The van der Waals surface area contributed by atoms with Crippen LogP contribution in [0.25, 0.3) is 0 Å². The molecule has 2 heterocycles. The highest BCUT2D eigenvalue weighted by Gasteiger charge is 2.50. The lowest BCUT2D eigenvalue weighted by Crippen LogP contribution is -2.50. The second kappa shape index (κ2) is 7.61. The van der Waals surface area contributed by atoms with Gasteiger partial charge in [0.05, 0.1) is 5.69 Å². The SMILES string of the molecule is CC(C)C1Oc2ccccc2N(CC(=O)Nc2ccc3c(c2)CC2(C3)NC(=O)NC2=O)C1=O. The van der Waals surface area contributed by atoms with E-state index in [1.54, 1.807) is 24.3 Å². The van der Waals surface area contributed by atoms with E-state index in [9.17, 15) is 19.2 Å². The van der Waals surface area contributed by atoms with Gasteiger partial charge in [0.15, 0.2) is 6.10 Å². The summed E-state index contributed by atoms with van der Waals surface area (Å²) in [6, 6.07) is 12.1. The number of carbonyl (C=O) groups excluding carboxylic acids is 4. The highest BCUT2D eigenvalue weighted by atomic mass is 16.5. The van der Waals surface area contributed by atoms with Gasteiger partial charge >= 0.3 is 6.03 Å². The maximum atomic E-state index is 13.0. The van der Waals surface area contributed by atoms with Gasteiger partial charge in [0.2, 0.25) is 5.91 Å². The van der Waals surface area contributed by atoms with E-state index in [-0.39, 0.29) is 30.2 Å². The molecule has 1 fully saturated rings. The van der Waals surface area contributed by atoms with Crippen LogP contribution in [-0.2, 0) is 27.2 Å². The van der Waals surface area contributed by atoms with Gasteiger partial charge in [-0.25, -0.2) is 4.79 Å². The van der Waals surface area contributed by atoms with Crippen molar-refractivity contribution in [1.82, 2.24) is 10.6 Å². The predicted molar refractivity (Wildman–Crippen MR) is 120 cm³/mol. The number of fused-ring (bicyclic) bond motifs is 2. The number of nitrogens with one attached hydrogen (secondary N) is 3. The summed E-state index contributed by atoms with van der Waals surface area (Å²) in [7, 11) is 0. The zero-order valence-electron chi connectivity index (χ0n) is 18.3. The molecule has 0 saturated carbocycles. The Bertz CT molecular complexity index is 1190. The highest BCUT2D eigenvalue weighted by Crippen LogP contribution is 2.36. The van der Waals surface area contributed by atoms with E-state index < -0.39 is 17.7 Å². The van der Waals surface area contributed by atoms with Crippen molar-refractivity contribution in [1.29, 1.82) is 0 Å². The lowest BCUT2D eigenvalue weighted by atomic mass is 9.96. The second-order valence-electron chi connectivity index (χ2n) is 9.05. The Morgan fingerprint density at radius 1 is 1.15 bits per heavy atom. The number of ether oxygens (including phenoxy) is 1. The molecule has 3 N–H and O–H groups in total. The van der Waals surface area contributed by atoms with Crippen LogP contribution in [0.2, 0.25) is 0 Å². The van der Waals surface area contributed by atoms with Gasteiger partial charge in [-0.05, 0) is 41.3 Å². The van der Waals surface area contributed by atoms with Crippen molar-refractivity contribution < 1.29 is 23.9 Å². The summed E-state index contributed by atoms with van der Waals surface area (Å²) in [6.45, 7) is 3.65. The van der Waals surface area contributed by atoms with Crippen LogP contribution in [0.4, 0.5) is 16.2 Å². The molecule has 5 amide bonds. The Balaban J connectivity index is 1.32. The first kappa shape index (κ1) is 21.0. The van der Waals surface area contributed by atoms with Gasteiger partial charge in [-0.15, -0.1) is 0 Å². The number of rotatable bonds is 4.